The van der Waals surface area contributed by atoms with E-state index in [1.165, 1.54) is 10.4 Å². The molecule has 1 amide bonds. The Labute approximate surface area is 187 Å². The smallest absolute Gasteiger partial charge is 0.254 e. The summed E-state index contributed by atoms with van der Waals surface area (Å²) in [6.45, 7) is 4.87. The third-order valence-electron chi connectivity index (χ3n) is 5.68. The molecule has 1 unspecified atom stereocenters. The van der Waals surface area contributed by atoms with Gasteiger partial charge in [0.05, 0.1) is 30.8 Å². The molecule has 2 aromatic rings. The lowest BCUT2D eigenvalue weighted by Gasteiger charge is -2.28. The number of hydrogen-bond donors (Lipinski definition) is 0. The summed E-state index contributed by atoms with van der Waals surface area (Å²) < 4.78 is 38.9. The zero-order valence-corrected chi connectivity index (χ0v) is 19.3. The van der Waals surface area contributed by atoms with Crippen LogP contribution in [0.25, 0.3) is 0 Å². The average molecular weight is 465 g/mol. The standard InChI is InChI=1S/C22H28N2O5S2/c1-17-6-7-18(14-21(17)31(26,27)24-8-11-28-12-9-24)22(25)23(15-19-4-2-10-29-19)16-20-5-3-13-30-20/h3,5-7,13-14,19H,2,4,8-12,15-16H2,1H3. The van der Waals surface area contributed by atoms with Crippen LogP contribution in [0.15, 0.2) is 40.6 Å². The Kier molecular flexibility index (Phi) is 7.08. The van der Waals surface area contributed by atoms with E-state index in [2.05, 4.69) is 0 Å². The van der Waals surface area contributed by atoms with E-state index in [1.54, 1.807) is 35.3 Å². The Hall–Kier alpha value is -1.78. The molecule has 1 aromatic heterocycles. The molecule has 1 atom stereocenters. The third kappa shape index (κ3) is 5.18. The van der Waals surface area contributed by atoms with Gasteiger partial charge in [-0.2, -0.15) is 4.31 Å². The Morgan fingerprint density at radius 3 is 2.71 bits per heavy atom. The minimum Gasteiger partial charge on any atom is -0.379 e. The number of carbonyl (C=O) groups excluding carboxylic acids is 1. The molecular weight excluding hydrogens is 436 g/mol. The fraction of sp³-hybridized carbons (Fsp3) is 0.500. The molecule has 0 saturated carbocycles. The van der Waals surface area contributed by atoms with Gasteiger partial charge < -0.3 is 14.4 Å². The molecule has 9 heteroatoms. The van der Waals surface area contributed by atoms with E-state index < -0.39 is 10.0 Å². The molecule has 0 N–H and O–H groups in total. The normalized spacial score (nSPS) is 20.1. The van der Waals surface area contributed by atoms with E-state index in [9.17, 15) is 13.2 Å². The first kappa shape index (κ1) is 22.4. The summed E-state index contributed by atoms with van der Waals surface area (Å²) in [5.74, 6) is -0.178. The molecule has 7 nitrogen and oxygen atoms in total. The van der Waals surface area contributed by atoms with Crippen LogP contribution in [0.5, 0.6) is 0 Å². The lowest BCUT2D eigenvalue weighted by Crippen LogP contribution is -2.41. The molecule has 2 fully saturated rings. The molecule has 2 aliphatic heterocycles. The number of rotatable bonds is 7. The summed E-state index contributed by atoms with van der Waals surface area (Å²) >= 11 is 1.60. The SMILES string of the molecule is Cc1ccc(C(=O)N(Cc2cccs2)CC2CCCO2)cc1S(=O)(=O)N1CCOCC1. The van der Waals surface area contributed by atoms with Gasteiger partial charge in [0.2, 0.25) is 10.0 Å². The van der Waals surface area contributed by atoms with Crippen LogP contribution in [0.2, 0.25) is 0 Å². The van der Waals surface area contributed by atoms with Crippen molar-refractivity contribution in [3.8, 4) is 0 Å². The fourth-order valence-electron chi connectivity index (χ4n) is 3.96. The minimum absolute atomic E-state index is 0.0194. The van der Waals surface area contributed by atoms with E-state index in [-0.39, 0.29) is 16.9 Å². The maximum atomic E-state index is 13.5. The Morgan fingerprint density at radius 2 is 2.03 bits per heavy atom. The van der Waals surface area contributed by atoms with Crippen LogP contribution in [-0.2, 0) is 26.0 Å². The highest BCUT2D eigenvalue weighted by atomic mass is 32.2. The molecule has 0 spiro atoms. The topological polar surface area (TPSA) is 76.2 Å². The lowest BCUT2D eigenvalue weighted by atomic mass is 10.1. The van der Waals surface area contributed by atoms with Crippen LogP contribution < -0.4 is 0 Å². The highest BCUT2D eigenvalue weighted by molar-refractivity contribution is 7.89. The Bertz CT molecular complexity index is 995. The highest BCUT2D eigenvalue weighted by Crippen LogP contribution is 2.25. The van der Waals surface area contributed by atoms with E-state index in [1.807, 2.05) is 17.5 Å². The summed E-state index contributed by atoms with van der Waals surface area (Å²) in [5, 5.41) is 1.99. The predicted molar refractivity (Wildman–Crippen MR) is 119 cm³/mol. The molecule has 3 heterocycles. The van der Waals surface area contributed by atoms with Crippen molar-refractivity contribution in [2.75, 3.05) is 39.5 Å². The maximum absolute atomic E-state index is 13.5. The number of ether oxygens (including phenoxy) is 2. The zero-order valence-electron chi connectivity index (χ0n) is 17.7. The van der Waals surface area contributed by atoms with Gasteiger partial charge in [0.25, 0.3) is 5.91 Å². The van der Waals surface area contributed by atoms with E-state index in [4.69, 9.17) is 9.47 Å². The average Bonchev–Trinajstić information content (AvgIpc) is 3.48. The molecule has 2 saturated heterocycles. The number of thiophene rings is 1. The van der Waals surface area contributed by atoms with Crippen LogP contribution in [-0.4, -0.2) is 69.1 Å². The van der Waals surface area contributed by atoms with Crippen LogP contribution in [0.3, 0.4) is 0 Å². The van der Waals surface area contributed by atoms with Crippen molar-refractivity contribution < 1.29 is 22.7 Å². The number of morpholine rings is 1. The first-order valence-electron chi connectivity index (χ1n) is 10.6. The van der Waals surface area contributed by atoms with Gasteiger partial charge in [-0.3, -0.25) is 4.79 Å². The van der Waals surface area contributed by atoms with E-state index in [0.717, 1.165) is 24.3 Å². The summed E-state index contributed by atoms with van der Waals surface area (Å²) in [7, 11) is -3.69. The molecular formula is C22H28N2O5S2. The second kappa shape index (κ2) is 9.79. The molecule has 0 aliphatic carbocycles. The highest BCUT2D eigenvalue weighted by Gasteiger charge is 2.30. The Balaban J connectivity index is 1.61. The molecule has 31 heavy (non-hydrogen) atoms. The number of sulfonamides is 1. The molecule has 0 bridgehead atoms. The van der Waals surface area contributed by atoms with Gasteiger partial charge in [0.1, 0.15) is 0 Å². The van der Waals surface area contributed by atoms with Gasteiger partial charge in [0.15, 0.2) is 0 Å². The fourth-order valence-corrected chi connectivity index (χ4v) is 6.34. The minimum atomic E-state index is -3.69. The summed E-state index contributed by atoms with van der Waals surface area (Å²) in [6, 6.07) is 8.93. The van der Waals surface area contributed by atoms with Gasteiger partial charge >= 0.3 is 0 Å². The van der Waals surface area contributed by atoms with Gasteiger partial charge in [-0.1, -0.05) is 12.1 Å². The van der Waals surface area contributed by atoms with Crippen molar-refractivity contribution in [2.45, 2.75) is 37.3 Å². The van der Waals surface area contributed by atoms with Crippen LogP contribution in [0.4, 0.5) is 0 Å². The third-order valence-corrected chi connectivity index (χ3v) is 8.59. The number of aryl methyl sites for hydroxylation is 1. The predicted octanol–water partition coefficient (Wildman–Crippen LogP) is 2.90. The number of amides is 1. The molecule has 4 rings (SSSR count). The quantitative estimate of drug-likeness (QED) is 0.630. The number of carbonyl (C=O) groups is 1. The first-order valence-corrected chi connectivity index (χ1v) is 12.9. The van der Waals surface area contributed by atoms with Crippen LogP contribution in [0.1, 0.15) is 33.6 Å². The van der Waals surface area contributed by atoms with Crippen molar-refractivity contribution in [2.24, 2.45) is 0 Å². The monoisotopic (exact) mass is 464 g/mol. The van der Waals surface area contributed by atoms with Crippen molar-refractivity contribution in [1.29, 1.82) is 0 Å². The molecule has 2 aliphatic rings. The molecule has 0 radical (unpaired) electrons. The van der Waals surface area contributed by atoms with E-state index in [0.29, 0.717) is 50.5 Å². The van der Waals surface area contributed by atoms with Crippen molar-refractivity contribution in [1.82, 2.24) is 9.21 Å². The number of hydrogen-bond acceptors (Lipinski definition) is 6. The van der Waals surface area contributed by atoms with Gasteiger partial charge in [-0.05, 0) is 48.9 Å². The lowest BCUT2D eigenvalue weighted by molar-refractivity contribution is 0.0509. The number of benzene rings is 1. The van der Waals surface area contributed by atoms with Crippen LogP contribution in [0, 0.1) is 6.92 Å². The molecule has 1 aromatic carbocycles. The largest absolute Gasteiger partial charge is 0.379 e. The van der Waals surface area contributed by atoms with Crippen LogP contribution >= 0.6 is 11.3 Å². The summed E-state index contributed by atoms with van der Waals surface area (Å²) in [6.07, 6.45) is 1.95. The Morgan fingerprint density at radius 1 is 1.23 bits per heavy atom. The number of nitrogens with zero attached hydrogens (tertiary/aromatic N) is 2. The van der Waals surface area contributed by atoms with Crippen molar-refractivity contribution in [3.05, 3.63) is 51.7 Å². The second-order valence-corrected chi connectivity index (χ2v) is 10.8. The summed E-state index contributed by atoms with van der Waals surface area (Å²) in [5.41, 5.74) is 1.01. The maximum Gasteiger partial charge on any atom is 0.254 e. The molecule has 168 valence electrons. The van der Waals surface area contributed by atoms with Gasteiger partial charge in [-0.15, -0.1) is 11.3 Å². The zero-order chi connectivity index (χ0) is 21.8. The summed E-state index contributed by atoms with van der Waals surface area (Å²) in [4.78, 5) is 16.5. The van der Waals surface area contributed by atoms with Crippen molar-refractivity contribution in [3.63, 3.8) is 0 Å². The second-order valence-electron chi connectivity index (χ2n) is 7.90. The van der Waals surface area contributed by atoms with Gasteiger partial charge in [0, 0.05) is 36.7 Å². The van der Waals surface area contributed by atoms with Crippen molar-refractivity contribution >= 4 is 27.3 Å². The van der Waals surface area contributed by atoms with E-state index >= 15 is 0 Å². The first-order chi connectivity index (χ1) is 14.9. The van der Waals surface area contributed by atoms with Gasteiger partial charge in [-0.25, -0.2) is 8.42 Å².